The number of guanidine groups is 1. The van der Waals surface area contributed by atoms with Crippen molar-refractivity contribution in [3.63, 3.8) is 0 Å². The lowest BCUT2D eigenvalue weighted by atomic mass is 9.87. The van der Waals surface area contributed by atoms with Gasteiger partial charge in [0.05, 0.1) is 6.54 Å². The zero-order chi connectivity index (χ0) is 17.5. The van der Waals surface area contributed by atoms with Crippen LogP contribution in [0, 0.1) is 5.92 Å². The summed E-state index contributed by atoms with van der Waals surface area (Å²) in [5.41, 5.74) is 2.45. The summed E-state index contributed by atoms with van der Waals surface area (Å²) in [7, 11) is 1.84. The molecule has 134 valence electrons. The van der Waals surface area contributed by atoms with E-state index in [0.29, 0.717) is 6.04 Å². The van der Waals surface area contributed by atoms with Crippen LogP contribution < -0.4 is 10.6 Å². The molecule has 0 bridgehead atoms. The Morgan fingerprint density at radius 1 is 1.24 bits per heavy atom. The molecule has 0 atom stereocenters. The Kier molecular flexibility index (Phi) is 6.04. The number of aromatic nitrogens is 3. The van der Waals surface area contributed by atoms with Crippen molar-refractivity contribution in [2.45, 2.75) is 51.7 Å². The van der Waals surface area contributed by atoms with Crippen LogP contribution >= 0.6 is 0 Å². The Labute approximate surface area is 149 Å². The molecule has 0 saturated heterocycles. The van der Waals surface area contributed by atoms with Crippen LogP contribution in [0.25, 0.3) is 0 Å². The van der Waals surface area contributed by atoms with Crippen molar-refractivity contribution in [1.82, 2.24) is 25.4 Å². The molecule has 25 heavy (non-hydrogen) atoms. The van der Waals surface area contributed by atoms with Crippen molar-refractivity contribution in [2.75, 3.05) is 7.05 Å². The first-order chi connectivity index (χ1) is 12.2. The molecule has 1 aromatic carbocycles. The normalized spacial score (nSPS) is 21.1. The fourth-order valence-electron chi connectivity index (χ4n) is 3.32. The van der Waals surface area contributed by atoms with Gasteiger partial charge in [0.2, 0.25) is 0 Å². The predicted octanol–water partition coefficient (Wildman–Crippen LogP) is 2.57. The van der Waals surface area contributed by atoms with Crippen molar-refractivity contribution in [3.8, 4) is 0 Å². The second kappa shape index (κ2) is 8.65. The number of rotatable bonds is 5. The fraction of sp³-hybridized carbons (Fsp3) is 0.526. The third-order valence-corrected chi connectivity index (χ3v) is 4.84. The molecule has 1 saturated carbocycles. The molecule has 1 heterocycles. The van der Waals surface area contributed by atoms with E-state index in [1.54, 1.807) is 12.7 Å². The van der Waals surface area contributed by atoms with Gasteiger partial charge in [0.1, 0.15) is 12.7 Å². The number of nitrogens with zero attached hydrogens (tertiary/aromatic N) is 4. The second-order valence-corrected chi connectivity index (χ2v) is 6.94. The summed E-state index contributed by atoms with van der Waals surface area (Å²) < 4.78 is 1.83. The van der Waals surface area contributed by atoms with Crippen molar-refractivity contribution >= 4 is 5.96 Å². The third kappa shape index (κ3) is 5.31. The molecule has 1 fully saturated rings. The summed E-state index contributed by atoms with van der Waals surface area (Å²) in [5, 5.41) is 11.2. The highest BCUT2D eigenvalue weighted by Gasteiger charge is 2.18. The van der Waals surface area contributed by atoms with E-state index in [1.807, 2.05) is 11.7 Å². The molecule has 1 aliphatic rings. The summed E-state index contributed by atoms with van der Waals surface area (Å²) >= 11 is 0. The maximum atomic E-state index is 4.37. The van der Waals surface area contributed by atoms with Gasteiger partial charge in [-0.2, -0.15) is 5.10 Å². The van der Waals surface area contributed by atoms with E-state index in [9.17, 15) is 0 Å². The first kappa shape index (κ1) is 17.5. The van der Waals surface area contributed by atoms with E-state index in [-0.39, 0.29) is 0 Å². The standard InChI is InChI=1S/C19H28N6/c1-15-6-8-18(9-7-15)24-19(20-2)22-11-16-4-3-5-17(10-16)12-25-14-21-13-23-25/h3-5,10,13-15,18H,6-9,11-12H2,1-2H3,(H2,20,22,24). The van der Waals surface area contributed by atoms with E-state index in [0.717, 1.165) is 25.0 Å². The molecule has 6 heteroatoms. The monoisotopic (exact) mass is 340 g/mol. The van der Waals surface area contributed by atoms with Gasteiger partial charge in [-0.15, -0.1) is 0 Å². The average molecular weight is 340 g/mol. The molecule has 0 spiro atoms. The number of benzene rings is 1. The summed E-state index contributed by atoms with van der Waals surface area (Å²) in [4.78, 5) is 8.36. The van der Waals surface area contributed by atoms with Crippen LogP contribution in [0.3, 0.4) is 0 Å². The second-order valence-electron chi connectivity index (χ2n) is 6.94. The minimum Gasteiger partial charge on any atom is -0.354 e. The van der Waals surface area contributed by atoms with E-state index in [2.05, 4.69) is 56.9 Å². The van der Waals surface area contributed by atoms with Crippen molar-refractivity contribution in [3.05, 3.63) is 48.0 Å². The zero-order valence-corrected chi connectivity index (χ0v) is 15.2. The molecule has 0 radical (unpaired) electrons. The van der Waals surface area contributed by atoms with E-state index in [1.165, 1.54) is 36.8 Å². The van der Waals surface area contributed by atoms with Crippen LogP contribution in [-0.2, 0) is 13.1 Å². The quantitative estimate of drug-likeness (QED) is 0.648. The summed E-state index contributed by atoms with van der Waals surface area (Å²) in [6, 6.07) is 9.07. The van der Waals surface area contributed by atoms with Gasteiger partial charge >= 0.3 is 0 Å². The first-order valence-corrected chi connectivity index (χ1v) is 9.10. The molecule has 0 aliphatic heterocycles. The maximum absolute atomic E-state index is 4.37. The Hall–Kier alpha value is -2.37. The molecule has 0 amide bonds. The van der Waals surface area contributed by atoms with Crippen molar-refractivity contribution < 1.29 is 0 Å². The van der Waals surface area contributed by atoms with Crippen LogP contribution in [0.5, 0.6) is 0 Å². The molecule has 6 nitrogen and oxygen atoms in total. The Morgan fingerprint density at radius 2 is 2.04 bits per heavy atom. The van der Waals surface area contributed by atoms with Gasteiger partial charge in [-0.05, 0) is 42.7 Å². The van der Waals surface area contributed by atoms with Gasteiger partial charge in [0.15, 0.2) is 5.96 Å². The predicted molar refractivity (Wildman–Crippen MR) is 100 cm³/mol. The Bertz CT molecular complexity index is 671. The van der Waals surface area contributed by atoms with Gasteiger partial charge in [0.25, 0.3) is 0 Å². The van der Waals surface area contributed by atoms with Crippen LogP contribution in [-0.4, -0.2) is 33.8 Å². The lowest BCUT2D eigenvalue weighted by Crippen LogP contribution is -2.44. The number of hydrogen-bond acceptors (Lipinski definition) is 3. The lowest BCUT2D eigenvalue weighted by Gasteiger charge is -2.28. The minimum absolute atomic E-state index is 0.543. The van der Waals surface area contributed by atoms with E-state index >= 15 is 0 Å². The smallest absolute Gasteiger partial charge is 0.191 e. The van der Waals surface area contributed by atoms with Crippen molar-refractivity contribution in [1.29, 1.82) is 0 Å². The molecule has 1 aromatic heterocycles. The number of aliphatic imine (C=N–C) groups is 1. The fourth-order valence-corrected chi connectivity index (χ4v) is 3.32. The van der Waals surface area contributed by atoms with Gasteiger partial charge in [-0.25, -0.2) is 9.67 Å². The van der Waals surface area contributed by atoms with Gasteiger partial charge < -0.3 is 10.6 Å². The maximum Gasteiger partial charge on any atom is 0.191 e. The minimum atomic E-state index is 0.543. The van der Waals surface area contributed by atoms with E-state index < -0.39 is 0 Å². The molecule has 0 unspecified atom stereocenters. The van der Waals surface area contributed by atoms with E-state index in [4.69, 9.17) is 0 Å². The average Bonchev–Trinajstić information content (AvgIpc) is 3.13. The van der Waals surface area contributed by atoms with Gasteiger partial charge in [-0.1, -0.05) is 31.2 Å². The molecule has 3 rings (SSSR count). The Morgan fingerprint density at radius 3 is 2.76 bits per heavy atom. The topological polar surface area (TPSA) is 67.1 Å². The highest BCUT2D eigenvalue weighted by molar-refractivity contribution is 5.79. The van der Waals surface area contributed by atoms with Crippen molar-refractivity contribution in [2.24, 2.45) is 10.9 Å². The van der Waals surface area contributed by atoms with Crippen LogP contribution in [0.4, 0.5) is 0 Å². The summed E-state index contributed by atoms with van der Waals surface area (Å²) in [6.45, 7) is 3.84. The highest BCUT2D eigenvalue weighted by atomic mass is 15.3. The van der Waals surface area contributed by atoms with Crippen LogP contribution in [0.15, 0.2) is 41.9 Å². The number of nitrogens with one attached hydrogen (secondary N) is 2. The SMILES string of the molecule is CN=C(NCc1cccc(Cn2cncn2)c1)NC1CCC(C)CC1. The summed E-state index contributed by atoms with van der Waals surface area (Å²) in [6.07, 6.45) is 8.37. The first-order valence-electron chi connectivity index (χ1n) is 9.10. The largest absolute Gasteiger partial charge is 0.354 e. The van der Waals surface area contributed by atoms with Gasteiger partial charge in [0, 0.05) is 19.6 Å². The molecular formula is C19H28N6. The third-order valence-electron chi connectivity index (χ3n) is 4.84. The van der Waals surface area contributed by atoms with Crippen LogP contribution in [0.1, 0.15) is 43.7 Å². The van der Waals surface area contributed by atoms with Crippen LogP contribution in [0.2, 0.25) is 0 Å². The zero-order valence-electron chi connectivity index (χ0n) is 15.2. The lowest BCUT2D eigenvalue weighted by molar-refractivity contribution is 0.329. The molecule has 2 N–H and O–H groups in total. The molecule has 2 aromatic rings. The summed E-state index contributed by atoms with van der Waals surface area (Å²) in [5.74, 6) is 1.75. The molecule has 1 aliphatic carbocycles. The van der Waals surface area contributed by atoms with Gasteiger partial charge in [-0.3, -0.25) is 4.99 Å². The Balaban J connectivity index is 1.51. The number of hydrogen-bond donors (Lipinski definition) is 2. The molecular weight excluding hydrogens is 312 g/mol. The highest BCUT2D eigenvalue weighted by Crippen LogP contribution is 2.23.